The standard InChI is InChI=1S/C14H17ClN2O2/c1-9-13(14(15)17(3)16-9)8-19-12-6-4-5-11(7-12)10(2)18/h4-7,10,18H,8H2,1-3H3. The fourth-order valence-electron chi connectivity index (χ4n) is 1.86. The first-order chi connectivity index (χ1) is 8.99. The van der Waals surface area contributed by atoms with E-state index in [4.69, 9.17) is 16.3 Å². The van der Waals surface area contributed by atoms with E-state index >= 15 is 0 Å². The van der Waals surface area contributed by atoms with E-state index in [9.17, 15) is 5.11 Å². The molecule has 1 atom stereocenters. The van der Waals surface area contributed by atoms with Crippen molar-refractivity contribution >= 4 is 11.6 Å². The van der Waals surface area contributed by atoms with Gasteiger partial charge in [0.2, 0.25) is 0 Å². The van der Waals surface area contributed by atoms with E-state index in [-0.39, 0.29) is 0 Å². The summed E-state index contributed by atoms with van der Waals surface area (Å²) in [6.07, 6.45) is -0.507. The lowest BCUT2D eigenvalue weighted by atomic mass is 10.1. The van der Waals surface area contributed by atoms with Crippen molar-refractivity contribution in [1.82, 2.24) is 9.78 Å². The number of hydrogen-bond acceptors (Lipinski definition) is 3. The van der Waals surface area contributed by atoms with Crippen LogP contribution in [-0.4, -0.2) is 14.9 Å². The van der Waals surface area contributed by atoms with Crippen molar-refractivity contribution in [3.8, 4) is 5.75 Å². The van der Waals surface area contributed by atoms with Gasteiger partial charge in [-0.3, -0.25) is 4.68 Å². The highest BCUT2D eigenvalue weighted by molar-refractivity contribution is 6.30. The van der Waals surface area contributed by atoms with Crippen molar-refractivity contribution in [2.24, 2.45) is 7.05 Å². The number of halogens is 1. The molecule has 0 amide bonds. The molecule has 5 heteroatoms. The fourth-order valence-corrected chi connectivity index (χ4v) is 2.09. The first-order valence-corrected chi connectivity index (χ1v) is 6.45. The zero-order valence-electron chi connectivity index (χ0n) is 11.2. The lowest BCUT2D eigenvalue weighted by Crippen LogP contribution is -1.98. The molecule has 0 aliphatic heterocycles. The molecule has 2 aromatic rings. The van der Waals surface area contributed by atoms with Crippen LogP contribution in [-0.2, 0) is 13.7 Å². The maximum absolute atomic E-state index is 9.53. The van der Waals surface area contributed by atoms with E-state index in [1.165, 1.54) is 0 Å². The molecule has 2 rings (SSSR count). The number of benzene rings is 1. The third kappa shape index (κ3) is 3.08. The Morgan fingerprint density at radius 3 is 2.79 bits per heavy atom. The molecule has 1 heterocycles. The van der Waals surface area contributed by atoms with Crippen molar-refractivity contribution in [3.05, 3.63) is 46.2 Å². The van der Waals surface area contributed by atoms with Crippen LogP contribution in [0.25, 0.3) is 0 Å². The quantitative estimate of drug-likeness (QED) is 0.936. The SMILES string of the molecule is Cc1nn(C)c(Cl)c1COc1cccc(C(C)O)c1. The summed E-state index contributed by atoms with van der Waals surface area (Å²) in [4.78, 5) is 0. The Morgan fingerprint density at radius 1 is 1.47 bits per heavy atom. The molecule has 1 N–H and O–H groups in total. The van der Waals surface area contributed by atoms with E-state index in [0.717, 1.165) is 16.8 Å². The molecular weight excluding hydrogens is 264 g/mol. The summed E-state index contributed by atoms with van der Waals surface area (Å²) in [6, 6.07) is 7.39. The predicted molar refractivity (Wildman–Crippen MR) is 74.4 cm³/mol. The van der Waals surface area contributed by atoms with Crippen molar-refractivity contribution < 1.29 is 9.84 Å². The molecule has 1 unspecified atom stereocenters. The molecule has 0 radical (unpaired) electrons. The number of aryl methyl sites for hydroxylation is 2. The van der Waals surface area contributed by atoms with Crippen LogP contribution >= 0.6 is 11.6 Å². The monoisotopic (exact) mass is 280 g/mol. The highest BCUT2D eigenvalue weighted by Gasteiger charge is 2.12. The van der Waals surface area contributed by atoms with Gasteiger partial charge in [-0.25, -0.2) is 0 Å². The van der Waals surface area contributed by atoms with Gasteiger partial charge in [0.05, 0.1) is 11.8 Å². The van der Waals surface area contributed by atoms with Gasteiger partial charge in [0.1, 0.15) is 17.5 Å². The summed E-state index contributed by atoms with van der Waals surface area (Å²) in [5.41, 5.74) is 2.57. The van der Waals surface area contributed by atoms with Gasteiger partial charge >= 0.3 is 0 Å². The number of aliphatic hydroxyl groups is 1. The smallest absolute Gasteiger partial charge is 0.133 e. The van der Waals surface area contributed by atoms with E-state index in [2.05, 4.69) is 5.10 Å². The topological polar surface area (TPSA) is 47.3 Å². The lowest BCUT2D eigenvalue weighted by molar-refractivity contribution is 0.198. The summed E-state index contributed by atoms with van der Waals surface area (Å²) < 4.78 is 7.34. The lowest BCUT2D eigenvalue weighted by Gasteiger charge is -2.09. The highest BCUT2D eigenvalue weighted by atomic mass is 35.5. The molecule has 102 valence electrons. The minimum atomic E-state index is -0.507. The number of aromatic nitrogens is 2. The van der Waals surface area contributed by atoms with Gasteiger partial charge in [-0.2, -0.15) is 5.10 Å². The van der Waals surface area contributed by atoms with Gasteiger partial charge in [0.15, 0.2) is 0 Å². The minimum Gasteiger partial charge on any atom is -0.489 e. The van der Waals surface area contributed by atoms with Crippen LogP contribution in [0.5, 0.6) is 5.75 Å². The number of ether oxygens (including phenoxy) is 1. The Kier molecular flexibility index (Phi) is 4.12. The van der Waals surface area contributed by atoms with Crippen molar-refractivity contribution in [2.45, 2.75) is 26.6 Å². The van der Waals surface area contributed by atoms with Crippen molar-refractivity contribution in [1.29, 1.82) is 0 Å². The first kappa shape index (κ1) is 13.9. The van der Waals surface area contributed by atoms with Crippen LogP contribution in [0.4, 0.5) is 0 Å². The molecule has 0 fully saturated rings. The molecule has 4 nitrogen and oxygen atoms in total. The molecule has 1 aromatic carbocycles. The Balaban J connectivity index is 2.12. The highest BCUT2D eigenvalue weighted by Crippen LogP contribution is 2.23. The molecular formula is C14H17ClN2O2. The summed E-state index contributed by atoms with van der Waals surface area (Å²) in [6.45, 7) is 3.99. The van der Waals surface area contributed by atoms with Gasteiger partial charge < -0.3 is 9.84 Å². The summed E-state index contributed by atoms with van der Waals surface area (Å²) in [5.74, 6) is 0.706. The van der Waals surface area contributed by atoms with E-state index in [1.807, 2.05) is 31.2 Å². The molecule has 0 bridgehead atoms. The Bertz CT molecular complexity index is 579. The number of rotatable bonds is 4. The summed E-state index contributed by atoms with van der Waals surface area (Å²) in [7, 11) is 1.80. The molecule has 19 heavy (non-hydrogen) atoms. The number of hydrogen-bond donors (Lipinski definition) is 1. The first-order valence-electron chi connectivity index (χ1n) is 6.08. The maximum atomic E-state index is 9.53. The maximum Gasteiger partial charge on any atom is 0.133 e. The largest absolute Gasteiger partial charge is 0.489 e. The van der Waals surface area contributed by atoms with Crippen LogP contribution in [0.15, 0.2) is 24.3 Å². The molecule has 1 aromatic heterocycles. The van der Waals surface area contributed by atoms with Crippen molar-refractivity contribution in [2.75, 3.05) is 0 Å². The third-order valence-electron chi connectivity index (χ3n) is 2.99. The second-order valence-corrected chi connectivity index (χ2v) is 4.87. The van der Waals surface area contributed by atoms with Crippen LogP contribution in [0, 0.1) is 6.92 Å². The average molecular weight is 281 g/mol. The Labute approximate surface area is 117 Å². The normalized spacial score (nSPS) is 12.5. The predicted octanol–water partition coefficient (Wildman–Crippen LogP) is 3.01. The Hall–Kier alpha value is -1.52. The number of nitrogens with zero attached hydrogens (tertiary/aromatic N) is 2. The van der Waals surface area contributed by atoms with Gasteiger partial charge in [0, 0.05) is 12.6 Å². The van der Waals surface area contributed by atoms with E-state index in [0.29, 0.717) is 17.5 Å². The van der Waals surface area contributed by atoms with Gasteiger partial charge in [-0.15, -0.1) is 0 Å². The van der Waals surface area contributed by atoms with Crippen LogP contribution in [0.3, 0.4) is 0 Å². The van der Waals surface area contributed by atoms with Gasteiger partial charge in [-0.05, 0) is 31.5 Å². The molecule has 0 spiro atoms. The summed E-state index contributed by atoms with van der Waals surface area (Å²) >= 11 is 6.14. The fraction of sp³-hybridized carbons (Fsp3) is 0.357. The summed E-state index contributed by atoms with van der Waals surface area (Å²) in [5, 5.41) is 14.4. The molecule has 0 saturated carbocycles. The molecule has 0 saturated heterocycles. The average Bonchev–Trinajstić information content (AvgIpc) is 2.61. The van der Waals surface area contributed by atoms with E-state index in [1.54, 1.807) is 18.7 Å². The third-order valence-corrected chi connectivity index (χ3v) is 3.47. The second-order valence-electron chi connectivity index (χ2n) is 4.52. The Morgan fingerprint density at radius 2 is 2.21 bits per heavy atom. The van der Waals surface area contributed by atoms with Gasteiger partial charge in [-0.1, -0.05) is 23.7 Å². The van der Waals surface area contributed by atoms with Crippen LogP contribution < -0.4 is 4.74 Å². The van der Waals surface area contributed by atoms with Crippen LogP contribution in [0.2, 0.25) is 5.15 Å². The zero-order valence-corrected chi connectivity index (χ0v) is 12.0. The van der Waals surface area contributed by atoms with Crippen molar-refractivity contribution in [3.63, 3.8) is 0 Å². The molecule has 0 aliphatic rings. The number of aliphatic hydroxyl groups excluding tert-OH is 1. The second kappa shape index (κ2) is 5.63. The minimum absolute atomic E-state index is 0.363. The van der Waals surface area contributed by atoms with Crippen LogP contribution in [0.1, 0.15) is 29.8 Å². The van der Waals surface area contributed by atoms with Gasteiger partial charge in [0.25, 0.3) is 0 Å². The van der Waals surface area contributed by atoms with E-state index < -0.39 is 6.10 Å². The zero-order chi connectivity index (χ0) is 14.0. The molecule has 0 aliphatic carbocycles.